The largest absolute Gasteiger partial charge is 0.463 e. The number of ether oxygens (including phenoxy) is 1. The first kappa shape index (κ1) is 12.4. The SMILES string of the molecule is O=[N+]([O-])c1c(Cl)ncnc1OCC(F)(F)F. The van der Waals surface area contributed by atoms with E-state index in [2.05, 4.69) is 14.7 Å². The molecule has 10 heteroatoms. The molecule has 0 unspecified atom stereocenters. The molecule has 16 heavy (non-hydrogen) atoms. The first-order valence-electron chi connectivity index (χ1n) is 3.65. The van der Waals surface area contributed by atoms with Crippen LogP contribution in [0, 0.1) is 10.1 Å². The van der Waals surface area contributed by atoms with Crippen LogP contribution in [0.3, 0.4) is 0 Å². The second-order valence-corrected chi connectivity index (χ2v) is 2.84. The predicted octanol–water partition coefficient (Wildman–Crippen LogP) is 1.98. The lowest BCUT2D eigenvalue weighted by Gasteiger charge is -2.08. The molecule has 0 aliphatic rings. The lowest BCUT2D eigenvalue weighted by molar-refractivity contribution is -0.386. The lowest BCUT2D eigenvalue weighted by Crippen LogP contribution is -2.20. The Morgan fingerprint density at radius 2 is 2.12 bits per heavy atom. The first-order valence-corrected chi connectivity index (χ1v) is 4.03. The van der Waals surface area contributed by atoms with Gasteiger partial charge in [0.1, 0.15) is 6.33 Å². The number of hydrogen-bond acceptors (Lipinski definition) is 5. The minimum atomic E-state index is -4.62. The van der Waals surface area contributed by atoms with E-state index in [1.54, 1.807) is 0 Å². The smallest absolute Gasteiger partial charge is 0.422 e. The molecule has 0 aliphatic heterocycles. The minimum absolute atomic E-state index is 0.586. The molecule has 88 valence electrons. The van der Waals surface area contributed by atoms with Gasteiger partial charge in [-0.25, -0.2) is 4.98 Å². The molecule has 0 aliphatic carbocycles. The van der Waals surface area contributed by atoms with Crippen LogP contribution < -0.4 is 4.74 Å². The summed E-state index contributed by atoms with van der Waals surface area (Å²) in [5.74, 6) is -0.817. The van der Waals surface area contributed by atoms with Crippen molar-refractivity contribution in [3.05, 3.63) is 21.6 Å². The van der Waals surface area contributed by atoms with Crippen molar-refractivity contribution < 1.29 is 22.8 Å². The van der Waals surface area contributed by atoms with E-state index in [0.29, 0.717) is 0 Å². The number of aromatic nitrogens is 2. The highest BCUT2D eigenvalue weighted by Gasteiger charge is 2.31. The normalized spacial score (nSPS) is 11.2. The van der Waals surface area contributed by atoms with Crippen molar-refractivity contribution in [3.8, 4) is 5.88 Å². The Kier molecular flexibility index (Phi) is 3.48. The molecule has 0 bridgehead atoms. The van der Waals surface area contributed by atoms with E-state index in [0.717, 1.165) is 6.33 Å². The molecule has 1 rings (SSSR count). The minimum Gasteiger partial charge on any atom is -0.463 e. The van der Waals surface area contributed by atoms with Gasteiger partial charge >= 0.3 is 11.9 Å². The van der Waals surface area contributed by atoms with Crippen molar-refractivity contribution in [2.45, 2.75) is 6.18 Å². The van der Waals surface area contributed by atoms with Crippen LogP contribution in [-0.4, -0.2) is 27.7 Å². The summed E-state index contributed by atoms with van der Waals surface area (Å²) in [6.45, 7) is -1.69. The van der Waals surface area contributed by atoms with Gasteiger partial charge < -0.3 is 4.74 Å². The monoisotopic (exact) mass is 257 g/mol. The molecule has 0 N–H and O–H groups in total. The molecule has 0 spiro atoms. The van der Waals surface area contributed by atoms with Gasteiger partial charge in [0.2, 0.25) is 5.15 Å². The summed E-state index contributed by atoms with van der Waals surface area (Å²) in [5, 5.41) is 9.86. The summed E-state index contributed by atoms with van der Waals surface area (Å²) >= 11 is 5.32. The maximum absolute atomic E-state index is 11.8. The molecular formula is C6H3ClF3N3O3. The molecule has 1 heterocycles. The van der Waals surface area contributed by atoms with Crippen LogP contribution in [0.5, 0.6) is 5.88 Å². The Bertz CT molecular complexity index is 412. The number of halogens is 4. The Labute approximate surface area is 91.2 Å². The molecule has 0 radical (unpaired) electrons. The molecule has 0 fully saturated rings. The van der Waals surface area contributed by atoms with Gasteiger partial charge in [-0.15, -0.1) is 0 Å². The average Bonchev–Trinajstić information content (AvgIpc) is 2.12. The first-order chi connectivity index (χ1) is 7.31. The summed E-state index contributed by atoms with van der Waals surface area (Å²) in [7, 11) is 0. The van der Waals surface area contributed by atoms with Gasteiger partial charge in [-0.3, -0.25) is 10.1 Å². The zero-order valence-electron chi connectivity index (χ0n) is 7.36. The summed E-state index contributed by atoms with van der Waals surface area (Å²) in [4.78, 5) is 15.9. The maximum atomic E-state index is 11.8. The second-order valence-electron chi connectivity index (χ2n) is 2.48. The maximum Gasteiger partial charge on any atom is 0.422 e. The van der Waals surface area contributed by atoms with Gasteiger partial charge in [0.05, 0.1) is 4.92 Å². The number of hydrogen-bond donors (Lipinski definition) is 0. The molecule has 0 saturated carbocycles. The van der Waals surface area contributed by atoms with Crippen molar-refractivity contribution in [1.82, 2.24) is 9.97 Å². The van der Waals surface area contributed by atoms with Crippen LogP contribution in [0.25, 0.3) is 0 Å². The summed E-state index contributed by atoms with van der Waals surface area (Å²) in [5.41, 5.74) is -0.895. The van der Waals surface area contributed by atoms with E-state index >= 15 is 0 Å². The van der Waals surface area contributed by atoms with Crippen LogP contribution in [0.4, 0.5) is 18.9 Å². The molecule has 0 atom stereocenters. The average molecular weight is 258 g/mol. The number of nitrogens with zero attached hydrogens (tertiary/aromatic N) is 3. The fourth-order valence-electron chi connectivity index (χ4n) is 0.752. The van der Waals surface area contributed by atoms with Crippen LogP contribution in [0.15, 0.2) is 6.33 Å². The van der Waals surface area contributed by atoms with Crippen LogP contribution >= 0.6 is 11.6 Å². The van der Waals surface area contributed by atoms with Crippen molar-refractivity contribution in [3.63, 3.8) is 0 Å². The van der Waals surface area contributed by atoms with Gasteiger partial charge in [-0.1, -0.05) is 11.6 Å². The Hall–Kier alpha value is -1.64. The zero-order chi connectivity index (χ0) is 12.3. The lowest BCUT2D eigenvalue weighted by atomic mass is 10.5. The summed E-state index contributed by atoms with van der Waals surface area (Å²) < 4.78 is 39.6. The van der Waals surface area contributed by atoms with E-state index in [1.165, 1.54) is 0 Å². The van der Waals surface area contributed by atoms with Crippen molar-refractivity contribution in [1.29, 1.82) is 0 Å². The van der Waals surface area contributed by atoms with Crippen LogP contribution in [-0.2, 0) is 0 Å². The van der Waals surface area contributed by atoms with Crippen molar-refractivity contribution in [2.24, 2.45) is 0 Å². The van der Waals surface area contributed by atoms with Gasteiger partial charge in [0.15, 0.2) is 6.61 Å². The molecular weight excluding hydrogens is 255 g/mol. The van der Waals surface area contributed by atoms with E-state index in [1.807, 2.05) is 0 Å². The summed E-state index contributed by atoms with van der Waals surface area (Å²) in [6.07, 6.45) is -3.85. The number of nitro groups is 1. The third kappa shape index (κ3) is 3.19. The Balaban J connectivity index is 2.96. The van der Waals surface area contributed by atoms with E-state index in [-0.39, 0.29) is 0 Å². The van der Waals surface area contributed by atoms with Crippen LogP contribution in [0.1, 0.15) is 0 Å². The quantitative estimate of drug-likeness (QED) is 0.470. The fourth-order valence-corrected chi connectivity index (χ4v) is 0.945. The highest BCUT2D eigenvalue weighted by atomic mass is 35.5. The van der Waals surface area contributed by atoms with Gasteiger partial charge in [0.25, 0.3) is 5.88 Å². The molecule has 0 amide bonds. The molecule has 1 aromatic rings. The number of rotatable bonds is 3. The Morgan fingerprint density at radius 3 is 2.62 bits per heavy atom. The van der Waals surface area contributed by atoms with E-state index in [9.17, 15) is 23.3 Å². The van der Waals surface area contributed by atoms with Gasteiger partial charge in [-0.05, 0) is 0 Å². The topological polar surface area (TPSA) is 78.2 Å². The molecule has 0 saturated heterocycles. The van der Waals surface area contributed by atoms with Gasteiger partial charge in [0, 0.05) is 0 Å². The number of alkyl halides is 3. The standard InChI is InChI=1S/C6H3ClF3N3O3/c7-4-3(13(14)15)5(12-2-11-4)16-1-6(8,9)10/h2H,1H2. The van der Waals surface area contributed by atoms with E-state index in [4.69, 9.17) is 11.6 Å². The van der Waals surface area contributed by atoms with E-state index < -0.39 is 34.4 Å². The molecule has 0 aromatic carbocycles. The predicted molar refractivity (Wildman–Crippen MR) is 45.2 cm³/mol. The van der Waals surface area contributed by atoms with Crippen LogP contribution in [0.2, 0.25) is 5.15 Å². The Morgan fingerprint density at radius 1 is 1.50 bits per heavy atom. The van der Waals surface area contributed by atoms with Crippen molar-refractivity contribution >= 4 is 17.3 Å². The third-order valence-electron chi connectivity index (χ3n) is 1.30. The second kappa shape index (κ2) is 4.47. The third-order valence-corrected chi connectivity index (χ3v) is 1.58. The van der Waals surface area contributed by atoms with Crippen molar-refractivity contribution in [2.75, 3.05) is 6.61 Å². The molecule has 1 aromatic heterocycles. The molecule has 6 nitrogen and oxygen atoms in total. The zero-order valence-corrected chi connectivity index (χ0v) is 8.12. The van der Waals surface area contributed by atoms with Gasteiger partial charge in [-0.2, -0.15) is 18.2 Å². The fraction of sp³-hybridized carbons (Fsp3) is 0.333. The highest BCUT2D eigenvalue weighted by molar-refractivity contribution is 6.31. The summed E-state index contributed by atoms with van der Waals surface area (Å²) in [6, 6.07) is 0. The highest BCUT2D eigenvalue weighted by Crippen LogP contribution is 2.31.